The summed E-state index contributed by atoms with van der Waals surface area (Å²) in [6, 6.07) is 6.53. The van der Waals surface area contributed by atoms with E-state index in [-0.39, 0.29) is 34.7 Å². The third-order valence-electron chi connectivity index (χ3n) is 6.31. The average molecular weight is 598 g/mol. The summed E-state index contributed by atoms with van der Waals surface area (Å²) in [5.74, 6) is -2.21. The number of ketones is 1. The van der Waals surface area contributed by atoms with Crippen molar-refractivity contribution in [1.29, 1.82) is 0 Å². The first-order valence-electron chi connectivity index (χ1n) is 12.5. The highest BCUT2D eigenvalue weighted by Gasteiger charge is 2.47. The van der Waals surface area contributed by atoms with Crippen LogP contribution in [0.2, 0.25) is 5.02 Å². The van der Waals surface area contributed by atoms with Crippen LogP contribution in [0.3, 0.4) is 0 Å². The van der Waals surface area contributed by atoms with Crippen LogP contribution in [-0.2, 0) is 14.3 Å². The van der Waals surface area contributed by atoms with Crippen LogP contribution >= 0.6 is 24.0 Å². The normalized spacial score (nSPS) is 17.9. The first kappa shape index (κ1) is 33.0. The number of fused-ring (bicyclic) bond motifs is 1. The van der Waals surface area contributed by atoms with Gasteiger partial charge in [0.2, 0.25) is 5.91 Å². The summed E-state index contributed by atoms with van der Waals surface area (Å²) in [5.41, 5.74) is 5.58. The van der Waals surface area contributed by atoms with Crippen LogP contribution in [0.4, 0.5) is 4.39 Å². The molecule has 3 rings (SSSR count). The summed E-state index contributed by atoms with van der Waals surface area (Å²) >= 11 is 5.87. The minimum absolute atomic E-state index is 0. The first-order valence-corrected chi connectivity index (χ1v) is 12.9. The second-order valence-corrected chi connectivity index (χ2v) is 10.9. The highest BCUT2D eigenvalue weighted by Crippen LogP contribution is 2.42. The molecule has 0 bridgehead atoms. The van der Waals surface area contributed by atoms with Gasteiger partial charge < -0.3 is 25.8 Å². The van der Waals surface area contributed by atoms with E-state index in [0.29, 0.717) is 23.3 Å². The van der Waals surface area contributed by atoms with E-state index >= 15 is 0 Å². The third kappa shape index (κ3) is 7.93. The monoisotopic (exact) mass is 597 g/mol. The van der Waals surface area contributed by atoms with Crippen LogP contribution in [-0.4, -0.2) is 47.9 Å². The van der Waals surface area contributed by atoms with Gasteiger partial charge in [-0.1, -0.05) is 25.4 Å². The number of halogens is 3. The van der Waals surface area contributed by atoms with Crippen molar-refractivity contribution in [1.82, 2.24) is 10.6 Å². The van der Waals surface area contributed by atoms with Crippen LogP contribution in [0.5, 0.6) is 5.75 Å². The Kier molecular flexibility index (Phi) is 11.1. The van der Waals surface area contributed by atoms with E-state index < -0.39 is 53.9 Å². The van der Waals surface area contributed by atoms with Crippen LogP contribution < -0.4 is 21.1 Å². The summed E-state index contributed by atoms with van der Waals surface area (Å²) in [5, 5.41) is 5.07. The number of amides is 2. The molecule has 2 aromatic carbocycles. The van der Waals surface area contributed by atoms with Crippen LogP contribution in [0.25, 0.3) is 0 Å². The van der Waals surface area contributed by atoms with Gasteiger partial charge in [-0.25, -0.2) is 4.39 Å². The Hall–Kier alpha value is -3.21. The van der Waals surface area contributed by atoms with E-state index in [1.165, 1.54) is 19.1 Å². The molecular formula is C28H34Cl2FN3O6. The lowest BCUT2D eigenvalue weighted by molar-refractivity contribution is -0.164. The summed E-state index contributed by atoms with van der Waals surface area (Å²) in [4.78, 5) is 50.5. The van der Waals surface area contributed by atoms with E-state index in [2.05, 4.69) is 10.6 Å². The summed E-state index contributed by atoms with van der Waals surface area (Å²) in [6.07, 6.45) is -0.637. The molecule has 218 valence electrons. The minimum atomic E-state index is -1.14. The third-order valence-corrected chi connectivity index (χ3v) is 6.60. The van der Waals surface area contributed by atoms with Crippen molar-refractivity contribution in [2.75, 3.05) is 6.54 Å². The molecule has 1 aliphatic rings. The van der Waals surface area contributed by atoms with Crippen LogP contribution in [0, 0.1) is 11.7 Å². The second kappa shape index (κ2) is 13.4. The maximum Gasteiger partial charge on any atom is 0.325 e. The fourth-order valence-electron chi connectivity index (χ4n) is 4.32. The van der Waals surface area contributed by atoms with Crippen molar-refractivity contribution in [2.24, 2.45) is 11.7 Å². The maximum atomic E-state index is 13.7. The van der Waals surface area contributed by atoms with Gasteiger partial charge in [-0.15, -0.1) is 12.4 Å². The second-order valence-electron chi connectivity index (χ2n) is 10.5. The number of nitrogens with one attached hydrogen (secondary N) is 2. The molecule has 4 N–H and O–H groups in total. The van der Waals surface area contributed by atoms with E-state index in [0.717, 1.165) is 6.07 Å². The lowest BCUT2D eigenvalue weighted by Crippen LogP contribution is -2.56. The van der Waals surface area contributed by atoms with E-state index in [9.17, 15) is 23.6 Å². The molecule has 0 unspecified atom stereocenters. The Morgan fingerprint density at radius 2 is 1.77 bits per heavy atom. The van der Waals surface area contributed by atoms with Crippen molar-refractivity contribution in [3.63, 3.8) is 0 Å². The average Bonchev–Trinajstić information content (AvgIpc) is 2.85. The Morgan fingerprint density at radius 1 is 1.12 bits per heavy atom. The standard InChI is InChI=1S/C28H33ClFN3O6.ClH/c1-14(2)10-21(31)27(37)32-13-23(35)38-25-24(33-26(36)17-6-8-20(30)19(29)12-17)18-11-16(15(3)34)7-9-22(18)39-28(25,4)5;/h6-9,11-12,14,21,24-25H,10,13,31H2,1-5H3,(H,32,37)(H,33,36);1H/t21-,24-,25-;/m0./s1. The Balaban J connectivity index is 0.00000560. The highest BCUT2D eigenvalue weighted by molar-refractivity contribution is 6.31. The Labute approximate surface area is 243 Å². The molecule has 40 heavy (non-hydrogen) atoms. The van der Waals surface area contributed by atoms with Gasteiger partial charge in [0.05, 0.1) is 17.1 Å². The molecule has 0 aromatic heterocycles. The zero-order chi connectivity index (χ0) is 29.1. The number of rotatable bonds is 9. The molecular weight excluding hydrogens is 564 g/mol. The zero-order valence-electron chi connectivity index (χ0n) is 22.9. The highest BCUT2D eigenvalue weighted by atomic mass is 35.5. The molecule has 0 spiro atoms. The molecule has 0 saturated heterocycles. The van der Waals surface area contributed by atoms with E-state index in [1.807, 2.05) is 13.8 Å². The number of hydrogen-bond acceptors (Lipinski definition) is 7. The SMILES string of the molecule is CC(=O)c1ccc2c(c1)[C@H](NC(=O)c1ccc(F)c(Cl)c1)[C@H](OC(=O)CNC(=O)[C@@H](N)CC(C)C)C(C)(C)O2.Cl. The van der Waals surface area contributed by atoms with Gasteiger partial charge in [0.25, 0.3) is 5.91 Å². The quantitative estimate of drug-likeness (QED) is 0.292. The fourth-order valence-corrected chi connectivity index (χ4v) is 4.50. The molecule has 0 fully saturated rings. The van der Waals surface area contributed by atoms with E-state index in [4.69, 9.17) is 26.8 Å². The molecule has 3 atom stereocenters. The summed E-state index contributed by atoms with van der Waals surface area (Å²) in [6.45, 7) is 8.15. The van der Waals surface area contributed by atoms with Crippen LogP contribution in [0.1, 0.15) is 73.4 Å². The van der Waals surface area contributed by atoms with Gasteiger partial charge in [-0.3, -0.25) is 19.2 Å². The lowest BCUT2D eigenvalue weighted by Gasteiger charge is -2.44. The van der Waals surface area contributed by atoms with Crippen molar-refractivity contribution < 1.29 is 33.0 Å². The number of esters is 1. The molecule has 12 heteroatoms. The number of benzene rings is 2. The van der Waals surface area contributed by atoms with Crippen molar-refractivity contribution in [3.8, 4) is 5.75 Å². The number of ether oxygens (including phenoxy) is 2. The maximum absolute atomic E-state index is 13.7. The Morgan fingerprint density at radius 3 is 2.38 bits per heavy atom. The van der Waals surface area contributed by atoms with Crippen molar-refractivity contribution in [3.05, 3.63) is 63.9 Å². The summed E-state index contributed by atoms with van der Waals surface area (Å²) < 4.78 is 25.6. The molecule has 0 radical (unpaired) electrons. The predicted octanol–water partition coefficient (Wildman–Crippen LogP) is 4.15. The molecule has 2 aromatic rings. The molecule has 2 amide bonds. The summed E-state index contributed by atoms with van der Waals surface area (Å²) in [7, 11) is 0. The first-order chi connectivity index (χ1) is 18.2. The van der Waals surface area contributed by atoms with Crippen molar-refractivity contribution in [2.45, 2.75) is 64.8 Å². The number of carbonyl (C=O) groups excluding carboxylic acids is 4. The van der Waals surface area contributed by atoms with Gasteiger partial charge in [0.1, 0.15) is 23.7 Å². The van der Waals surface area contributed by atoms with Gasteiger partial charge in [-0.05, 0) is 69.5 Å². The number of hydrogen-bond donors (Lipinski definition) is 3. The number of nitrogens with two attached hydrogens (primary N) is 1. The molecule has 9 nitrogen and oxygen atoms in total. The smallest absolute Gasteiger partial charge is 0.325 e. The van der Waals surface area contributed by atoms with Crippen molar-refractivity contribution >= 4 is 47.6 Å². The Bertz CT molecular complexity index is 1290. The minimum Gasteiger partial charge on any atom is -0.484 e. The van der Waals surface area contributed by atoms with Gasteiger partial charge in [-0.2, -0.15) is 0 Å². The van der Waals surface area contributed by atoms with Gasteiger partial charge >= 0.3 is 5.97 Å². The molecule has 0 aliphatic carbocycles. The predicted molar refractivity (Wildman–Crippen MR) is 150 cm³/mol. The number of carbonyl (C=O) groups is 4. The zero-order valence-corrected chi connectivity index (χ0v) is 24.5. The molecule has 1 aliphatic heterocycles. The lowest BCUT2D eigenvalue weighted by atomic mass is 9.85. The van der Waals surface area contributed by atoms with Gasteiger partial charge in [0.15, 0.2) is 11.9 Å². The topological polar surface area (TPSA) is 137 Å². The van der Waals surface area contributed by atoms with E-state index in [1.54, 1.807) is 32.0 Å². The largest absolute Gasteiger partial charge is 0.484 e. The molecule has 0 saturated carbocycles. The number of Topliss-reactive ketones (excluding diaryl/α,β-unsaturated/α-hetero) is 1. The van der Waals surface area contributed by atoms with Crippen LogP contribution in [0.15, 0.2) is 36.4 Å². The van der Waals surface area contributed by atoms with Gasteiger partial charge in [0, 0.05) is 16.7 Å². The fraction of sp³-hybridized carbons (Fsp3) is 0.429. The molecule has 1 heterocycles.